The molecule has 2 heterocycles. The SMILES string of the molecule is O=C(Cc1ccc(NC2=C(Cl)C(=O)N(c3cccc(C(F)(F)F)c3)C2=O)cc1)NCc1ccco1. The topological polar surface area (TPSA) is 91.7 Å². The zero-order chi connectivity index (χ0) is 25.2. The third-order valence-electron chi connectivity index (χ3n) is 5.09. The van der Waals surface area contributed by atoms with Gasteiger partial charge in [-0.3, -0.25) is 14.4 Å². The Morgan fingerprint density at radius 1 is 1.00 bits per heavy atom. The number of nitrogens with zero attached hydrogens (tertiary/aromatic N) is 1. The minimum atomic E-state index is -4.64. The van der Waals surface area contributed by atoms with Gasteiger partial charge in [-0.15, -0.1) is 0 Å². The Bertz CT molecular complexity index is 1300. The fourth-order valence-corrected chi connectivity index (χ4v) is 3.58. The van der Waals surface area contributed by atoms with E-state index in [4.69, 9.17) is 16.0 Å². The van der Waals surface area contributed by atoms with E-state index in [2.05, 4.69) is 10.6 Å². The number of alkyl halides is 3. The summed E-state index contributed by atoms with van der Waals surface area (Å²) >= 11 is 6.05. The van der Waals surface area contributed by atoms with Gasteiger partial charge in [0.25, 0.3) is 11.8 Å². The molecular formula is C24H17ClF3N3O4. The van der Waals surface area contributed by atoms with E-state index in [1.165, 1.54) is 12.3 Å². The molecule has 1 aliphatic rings. The number of anilines is 2. The summed E-state index contributed by atoms with van der Waals surface area (Å²) < 4.78 is 44.3. The van der Waals surface area contributed by atoms with Gasteiger partial charge < -0.3 is 15.1 Å². The Labute approximate surface area is 202 Å². The molecular weight excluding hydrogens is 487 g/mol. The molecule has 2 aromatic carbocycles. The van der Waals surface area contributed by atoms with Gasteiger partial charge in [-0.1, -0.05) is 29.8 Å². The molecule has 4 rings (SSSR count). The molecule has 3 amide bonds. The van der Waals surface area contributed by atoms with E-state index in [9.17, 15) is 27.6 Å². The van der Waals surface area contributed by atoms with E-state index in [1.807, 2.05) is 0 Å². The van der Waals surface area contributed by atoms with Gasteiger partial charge >= 0.3 is 6.18 Å². The van der Waals surface area contributed by atoms with Crippen LogP contribution in [0.4, 0.5) is 24.5 Å². The first-order valence-electron chi connectivity index (χ1n) is 10.2. The van der Waals surface area contributed by atoms with Crippen LogP contribution in [0.3, 0.4) is 0 Å². The number of imide groups is 1. The van der Waals surface area contributed by atoms with Crippen molar-refractivity contribution in [2.24, 2.45) is 0 Å². The fraction of sp³-hybridized carbons (Fsp3) is 0.125. The van der Waals surface area contributed by atoms with E-state index in [-0.39, 0.29) is 30.3 Å². The highest BCUT2D eigenvalue weighted by molar-refractivity contribution is 6.53. The second kappa shape index (κ2) is 9.67. The molecule has 11 heteroatoms. The summed E-state index contributed by atoms with van der Waals surface area (Å²) in [7, 11) is 0. The number of nitrogens with one attached hydrogen (secondary N) is 2. The quantitative estimate of drug-likeness (QED) is 0.460. The zero-order valence-corrected chi connectivity index (χ0v) is 18.6. The molecule has 0 saturated heterocycles. The van der Waals surface area contributed by atoms with Crippen molar-refractivity contribution in [3.05, 3.63) is 94.5 Å². The number of hydrogen-bond acceptors (Lipinski definition) is 5. The summed E-state index contributed by atoms with van der Waals surface area (Å²) in [5.41, 5.74) is -0.437. The first-order chi connectivity index (χ1) is 16.6. The Hall–Kier alpha value is -4.05. The lowest BCUT2D eigenvalue weighted by atomic mass is 10.1. The number of benzene rings is 2. The Balaban J connectivity index is 1.42. The molecule has 0 spiro atoms. The van der Waals surface area contributed by atoms with Gasteiger partial charge in [0, 0.05) is 5.69 Å². The van der Waals surface area contributed by atoms with Gasteiger partial charge in [0.2, 0.25) is 5.91 Å². The smallest absolute Gasteiger partial charge is 0.416 e. The van der Waals surface area contributed by atoms with Crippen molar-refractivity contribution in [3.63, 3.8) is 0 Å². The molecule has 3 aromatic rings. The number of amides is 3. The van der Waals surface area contributed by atoms with E-state index in [0.29, 0.717) is 28.0 Å². The molecule has 0 unspecified atom stereocenters. The summed E-state index contributed by atoms with van der Waals surface area (Å²) in [6.07, 6.45) is -3.03. The molecule has 35 heavy (non-hydrogen) atoms. The number of furan rings is 1. The maximum atomic E-state index is 13.0. The fourth-order valence-electron chi connectivity index (χ4n) is 3.36. The molecule has 1 aromatic heterocycles. The van der Waals surface area contributed by atoms with Gasteiger partial charge in [-0.05, 0) is 48.0 Å². The number of carbonyl (C=O) groups excluding carboxylic acids is 3. The van der Waals surface area contributed by atoms with Crippen LogP contribution >= 0.6 is 11.6 Å². The maximum absolute atomic E-state index is 13.0. The van der Waals surface area contributed by atoms with Crippen molar-refractivity contribution < 1.29 is 32.0 Å². The number of carbonyl (C=O) groups is 3. The van der Waals surface area contributed by atoms with Crippen LogP contribution < -0.4 is 15.5 Å². The van der Waals surface area contributed by atoms with Crippen molar-refractivity contribution in [2.75, 3.05) is 10.2 Å². The average molecular weight is 504 g/mol. The summed E-state index contributed by atoms with van der Waals surface area (Å²) in [6, 6.07) is 13.8. The van der Waals surface area contributed by atoms with E-state index >= 15 is 0 Å². The summed E-state index contributed by atoms with van der Waals surface area (Å²) in [6.45, 7) is 0.261. The molecule has 1 aliphatic heterocycles. The van der Waals surface area contributed by atoms with Gasteiger partial charge in [-0.25, -0.2) is 4.90 Å². The number of hydrogen-bond donors (Lipinski definition) is 2. The Morgan fingerprint density at radius 2 is 1.74 bits per heavy atom. The highest BCUT2D eigenvalue weighted by Crippen LogP contribution is 2.35. The maximum Gasteiger partial charge on any atom is 0.416 e. The monoisotopic (exact) mass is 503 g/mol. The van der Waals surface area contributed by atoms with Crippen molar-refractivity contribution in [1.29, 1.82) is 0 Å². The van der Waals surface area contributed by atoms with Crippen LogP contribution in [-0.2, 0) is 33.5 Å². The van der Waals surface area contributed by atoms with Gasteiger partial charge in [0.15, 0.2) is 0 Å². The third-order valence-corrected chi connectivity index (χ3v) is 5.44. The van der Waals surface area contributed by atoms with Crippen molar-refractivity contribution in [3.8, 4) is 0 Å². The summed E-state index contributed by atoms with van der Waals surface area (Å²) in [4.78, 5) is 38.1. The molecule has 180 valence electrons. The minimum Gasteiger partial charge on any atom is -0.467 e. The van der Waals surface area contributed by atoms with E-state index in [0.717, 1.165) is 12.1 Å². The molecule has 0 saturated carbocycles. The molecule has 7 nitrogen and oxygen atoms in total. The highest BCUT2D eigenvalue weighted by atomic mass is 35.5. The van der Waals surface area contributed by atoms with Gasteiger partial charge in [0.05, 0.1) is 30.5 Å². The highest BCUT2D eigenvalue weighted by Gasteiger charge is 2.40. The molecule has 0 bridgehead atoms. The van der Waals surface area contributed by atoms with Crippen LogP contribution in [0.2, 0.25) is 0 Å². The zero-order valence-electron chi connectivity index (χ0n) is 17.9. The first-order valence-corrected chi connectivity index (χ1v) is 10.6. The lowest BCUT2D eigenvalue weighted by molar-refractivity contribution is -0.137. The molecule has 0 aliphatic carbocycles. The largest absolute Gasteiger partial charge is 0.467 e. The van der Waals surface area contributed by atoms with Crippen LogP contribution in [0.15, 0.2) is 82.1 Å². The molecule has 2 N–H and O–H groups in total. The summed E-state index contributed by atoms with van der Waals surface area (Å²) in [5, 5.41) is 5.02. The second-order valence-electron chi connectivity index (χ2n) is 7.54. The Kier molecular flexibility index (Phi) is 6.65. The molecule has 0 radical (unpaired) electrons. The van der Waals surface area contributed by atoms with Gasteiger partial charge in [-0.2, -0.15) is 13.2 Å². The minimum absolute atomic E-state index is 0.102. The third kappa shape index (κ3) is 5.38. The van der Waals surface area contributed by atoms with Crippen LogP contribution in [-0.4, -0.2) is 17.7 Å². The lowest BCUT2D eigenvalue weighted by Gasteiger charge is -2.17. The van der Waals surface area contributed by atoms with Gasteiger partial charge in [0.1, 0.15) is 16.5 Å². The van der Waals surface area contributed by atoms with E-state index in [1.54, 1.807) is 36.4 Å². The van der Waals surface area contributed by atoms with Crippen molar-refractivity contribution >= 4 is 40.7 Å². The van der Waals surface area contributed by atoms with Crippen LogP contribution in [0.1, 0.15) is 16.9 Å². The molecule has 0 atom stereocenters. The normalized spacial score (nSPS) is 14.0. The van der Waals surface area contributed by atoms with Crippen molar-refractivity contribution in [1.82, 2.24) is 5.32 Å². The first kappa shape index (κ1) is 24.1. The number of halogens is 4. The van der Waals surface area contributed by atoms with Crippen molar-refractivity contribution in [2.45, 2.75) is 19.1 Å². The van der Waals surface area contributed by atoms with E-state index < -0.39 is 28.6 Å². The predicted octanol–water partition coefficient (Wildman–Crippen LogP) is 4.59. The predicted molar refractivity (Wildman–Crippen MR) is 121 cm³/mol. The Morgan fingerprint density at radius 3 is 2.40 bits per heavy atom. The lowest BCUT2D eigenvalue weighted by Crippen LogP contribution is -2.32. The number of rotatable bonds is 7. The van der Waals surface area contributed by atoms with Crippen LogP contribution in [0.5, 0.6) is 0 Å². The van der Waals surface area contributed by atoms with Crippen LogP contribution in [0.25, 0.3) is 0 Å². The van der Waals surface area contributed by atoms with Crippen LogP contribution in [0, 0.1) is 0 Å². The standard InChI is InChI=1S/C24H17ClF3N3O4/c25-20-21(23(34)31(22(20)33)17-4-1-3-15(12-17)24(26,27)28)30-16-8-6-14(7-9-16)11-19(32)29-13-18-5-2-10-35-18/h1-10,12,30H,11,13H2,(H,29,32). The summed E-state index contributed by atoms with van der Waals surface area (Å²) in [5.74, 6) is -1.43. The molecule has 0 fully saturated rings. The second-order valence-corrected chi connectivity index (χ2v) is 7.92. The average Bonchev–Trinajstić information content (AvgIpc) is 3.41.